The SMILES string of the molecule is CO/N=C1/C(=O)N(CCOCCOCCOCCN2C(=O)C(=O)c3cc(C)ccc32)c2ccccc21. The highest BCUT2D eigenvalue weighted by atomic mass is 16.6. The highest BCUT2D eigenvalue weighted by Crippen LogP contribution is 2.30. The minimum absolute atomic E-state index is 0.214. The van der Waals surface area contributed by atoms with E-state index in [0.29, 0.717) is 64.0 Å². The number of aryl methyl sites for hydroxylation is 1. The van der Waals surface area contributed by atoms with Gasteiger partial charge in [0.1, 0.15) is 7.11 Å². The Kier molecular flexibility index (Phi) is 8.42. The molecule has 36 heavy (non-hydrogen) atoms. The molecule has 0 aliphatic carbocycles. The van der Waals surface area contributed by atoms with E-state index in [0.717, 1.165) is 16.8 Å². The summed E-state index contributed by atoms with van der Waals surface area (Å²) in [6.45, 7) is 4.73. The molecule has 0 atom stereocenters. The first kappa shape index (κ1) is 25.5. The molecule has 0 bridgehead atoms. The Morgan fingerprint density at radius 3 is 1.97 bits per heavy atom. The molecule has 0 saturated carbocycles. The van der Waals surface area contributed by atoms with Crippen molar-refractivity contribution in [1.29, 1.82) is 0 Å². The van der Waals surface area contributed by atoms with Gasteiger partial charge in [0.25, 0.3) is 17.6 Å². The molecule has 4 rings (SSSR count). The summed E-state index contributed by atoms with van der Waals surface area (Å²) in [5.41, 5.74) is 3.84. The van der Waals surface area contributed by atoms with Gasteiger partial charge in [0.2, 0.25) is 0 Å². The summed E-state index contributed by atoms with van der Waals surface area (Å²) in [6.07, 6.45) is 0. The van der Waals surface area contributed by atoms with Gasteiger partial charge in [-0.1, -0.05) is 35.0 Å². The maximum absolute atomic E-state index is 12.6. The van der Waals surface area contributed by atoms with E-state index >= 15 is 0 Å². The average Bonchev–Trinajstić information content (AvgIpc) is 3.28. The molecule has 2 aromatic rings. The molecule has 190 valence electrons. The van der Waals surface area contributed by atoms with Gasteiger partial charge < -0.3 is 28.8 Å². The average molecular weight is 496 g/mol. The number of carbonyl (C=O) groups excluding carboxylic acids is 3. The number of Topliss-reactive ketones (excluding diaryl/α,β-unsaturated/α-hetero) is 1. The van der Waals surface area contributed by atoms with Crippen molar-refractivity contribution in [1.82, 2.24) is 0 Å². The molecule has 0 fully saturated rings. The van der Waals surface area contributed by atoms with Gasteiger partial charge >= 0.3 is 0 Å². The molecule has 2 amide bonds. The number of nitrogens with zero attached hydrogens (tertiary/aromatic N) is 3. The van der Waals surface area contributed by atoms with Crippen LogP contribution in [0.3, 0.4) is 0 Å². The minimum Gasteiger partial charge on any atom is -0.398 e. The highest BCUT2D eigenvalue weighted by Gasteiger charge is 2.35. The molecule has 2 aliphatic heterocycles. The number of ether oxygens (including phenoxy) is 3. The van der Waals surface area contributed by atoms with Crippen LogP contribution in [0.1, 0.15) is 21.5 Å². The second kappa shape index (κ2) is 11.9. The second-order valence-electron chi connectivity index (χ2n) is 8.24. The Morgan fingerprint density at radius 1 is 0.722 bits per heavy atom. The van der Waals surface area contributed by atoms with Crippen molar-refractivity contribution in [2.24, 2.45) is 5.16 Å². The van der Waals surface area contributed by atoms with Gasteiger partial charge in [-0.15, -0.1) is 0 Å². The van der Waals surface area contributed by atoms with Crippen molar-refractivity contribution in [2.75, 3.05) is 69.6 Å². The number of carbonyl (C=O) groups is 3. The number of benzene rings is 2. The van der Waals surface area contributed by atoms with Crippen LogP contribution in [0, 0.1) is 6.92 Å². The Morgan fingerprint density at radius 2 is 1.31 bits per heavy atom. The van der Waals surface area contributed by atoms with Crippen molar-refractivity contribution in [2.45, 2.75) is 6.92 Å². The van der Waals surface area contributed by atoms with Gasteiger partial charge in [-0.25, -0.2) is 0 Å². The zero-order valence-electron chi connectivity index (χ0n) is 20.4. The number of anilines is 2. The van der Waals surface area contributed by atoms with Crippen LogP contribution < -0.4 is 9.80 Å². The van der Waals surface area contributed by atoms with Crippen LogP contribution in [0.5, 0.6) is 0 Å². The van der Waals surface area contributed by atoms with Crippen LogP contribution in [0.25, 0.3) is 0 Å². The molecular formula is C26H29N3O7. The van der Waals surface area contributed by atoms with E-state index in [-0.39, 0.29) is 11.6 Å². The van der Waals surface area contributed by atoms with Crippen molar-refractivity contribution < 1.29 is 33.4 Å². The molecule has 0 N–H and O–H groups in total. The zero-order chi connectivity index (χ0) is 25.5. The standard InChI is InChI=1S/C26H29N3O7/c1-18-7-8-22-20(17-18)24(30)26(32)29(22)10-12-35-14-16-36-15-13-34-11-9-28-21-6-4-3-5-19(21)23(25(28)31)27-33-2/h3-8,17H,9-16H2,1-2H3/b27-23+. The summed E-state index contributed by atoms with van der Waals surface area (Å²) in [7, 11) is 1.41. The molecule has 10 nitrogen and oxygen atoms in total. The number of hydrogen-bond donors (Lipinski definition) is 0. The Balaban J connectivity index is 1.07. The van der Waals surface area contributed by atoms with Crippen molar-refractivity contribution in [3.8, 4) is 0 Å². The molecule has 10 heteroatoms. The molecule has 2 heterocycles. The molecule has 0 spiro atoms. The summed E-state index contributed by atoms with van der Waals surface area (Å²) in [4.78, 5) is 44.9. The monoisotopic (exact) mass is 495 g/mol. The largest absolute Gasteiger partial charge is 0.398 e. The molecule has 0 unspecified atom stereocenters. The van der Waals surface area contributed by atoms with Gasteiger partial charge in [-0.05, 0) is 25.1 Å². The number of rotatable bonds is 13. The third kappa shape index (κ3) is 5.46. The van der Waals surface area contributed by atoms with E-state index in [4.69, 9.17) is 19.0 Å². The Bertz CT molecular complexity index is 1160. The maximum Gasteiger partial charge on any atom is 0.299 e. The lowest BCUT2D eigenvalue weighted by Gasteiger charge is -2.17. The molecule has 0 radical (unpaired) electrons. The second-order valence-corrected chi connectivity index (χ2v) is 8.24. The van der Waals surface area contributed by atoms with Crippen LogP contribution in [0.2, 0.25) is 0 Å². The van der Waals surface area contributed by atoms with Crippen molar-refractivity contribution in [3.63, 3.8) is 0 Å². The fourth-order valence-corrected chi connectivity index (χ4v) is 4.15. The summed E-state index contributed by atoms with van der Waals surface area (Å²) in [5, 5.41) is 3.86. The first-order chi connectivity index (χ1) is 17.5. The Hall–Kier alpha value is -3.60. The summed E-state index contributed by atoms with van der Waals surface area (Å²) < 4.78 is 16.7. The highest BCUT2D eigenvalue weighted by molar-refractivity contribution is 6.54. The maximum atomic E-state index is 12.6. The van der Waals surface area contributed by atoms with E-state index in [9.17, 15) is 14.4 Å². The van der Waals surface area contributed by atoms with Crippen molar-refractivity contribution in [3.05, 3.63) is 59.2 Å². The number of amides is 2. The minimum atomic E-state index is -0.520. The normalized spacial score (nSPS) is 15.7. The van der Waals surface area contributed by atoms with Crippen LogP contribution in [0.4, 0.5) is 11.4 Å². The first-order valence-corrected chi connectivity index (χ1v) is 11.8. The first-order valence-electron chi connectivity index (χ1n) is 11.8. The predicted molar refractivity (Wildman–Crippen MR) is 133 cm³/mol. The molecular weight excluding hydrogens is 466 g/mol. The molecule has 0 aromatic heterocycles. The fourth-order valence-electron chi connectivity index (χ4n) is 4.15. The van der Waals surface area contributed by atoms with Crippen LogP contribution in [0.15, 0.2) is 47.6 Å². The molecule has 2 aliphatic rings. The van der Waals surface area contributed by atoms with Gasteiger partial charge in [0.05, 0.1) is 56.6 Å². The van der Waals surface area contributed by atoms with E-state index < -0.39 is 11.7 Å². The van der Waals surface area contributed by atoms with E-state index in [2.05, 4.69) is 5.16 Å². The predicted octanol–water partition coefficient (Wildman–Crippen LogP) is 1.97. The summed E-state index contributed by atoms with van der Waals surface area (Å²) in [6, 6.07) is 12.8. The smallest absolute Gasteiger partial charge is 0.299 e. The molecule has 2 aromatic carbocycles. The van der Waals surface area contributed by atoms with Crippen LogP contribution in [-0.2, 0) is 28.6 Å². The van der Waals surface area contributed by atoms with Gasteiger partial charge in [0, 0.05) is 18.7 Å². The zero-order valence-corrected chi connectivity index (χ0v) is 20.4. The summed E-state index contributed by atoms with van der Waals surface area (Å²) in [5.74, 6) is -1.21. The van der Waals surface area contributed by atoms with E-state index in [1.807, 2.05) is 37.3 Å². The van der Waals surface area contributed by atoms with Crippen LogP contribution in [-0.4, -0.2) is 83.1 Å². The number of ketones is 1. The number of para-hydroxylation sites is 1. The van der Waals surface area contributed by atoms with Gasteiger partial charge in [0.15, 0.2) is 5.71 Å². The lowest BCUT2D eigenvalue weighted by atomic mass is 10.1. The number of hydrogen-bond acceptors (Lipinski definition) is 8. The number of fused-ring (bicyclic) bond motifs is 2. The van der Waals surface area contributed by atoms with Crippen molar-refractivity contribution >= 4 is 34.7 Å². The van der Waals surface area contributed by atoms with E-state index in [1.165, 1.54) is 12.0 Å². The fraction of sp³-hybridized carbons (Fsp3) is 0.385. The quantitative estimate of drug-likeness (QED) is 0.238. The molecule has 0 saturated heterocycles. The number of oxime groups is 1. The summed E-state index contributed by atoms with van der Waals surface area (Å²) >= 11 is 0. The Labute approximate surface area is 209 Å². The lowest BCUT2D eigenvalue weighted by molar-refractivity contribution is -0.114. The van der Waals surface area contributed by atoms with Gasteiger partial charge in [-0.2, -0.15) is 0 Å². The third-order valence-electron chi connectivity index (χ3n) is 5.87. The third-order valence-corrected chi connectivity index (χ3v) is 5.87. The topological polar surface area (TPSA) is 107 Å². The van der Waals surface area contributed by atoms with E-state index in [1.54, 1.807) is 17.0 Å². The van der Waals surface area contributed by atoms with Crippen LogP contribution >= 0.6 is 0 Å². The van der Waals surface area contributed by atoms with Gasteiger partial charge in [-0.3, -0.25) is 14.4 Å². The lowest BCUT2D eigenvalue weighted by Crippen LogP contribution is -2.33.